The van der Waals surface area contributed by atoms with E-state index < -0.39 is 26.5 Å². The van der Waals surface area contributed by atoms with Crippen molar-refractivity contribution in [2.45, 2.75) is 68.9 Å². The molecule has 2 aromatic rings. The second-order valence-corrected chi connectivity index (χ2v) is 11.9. The van der Waals surface area contributed by atoms with Crippen LogP contribution < -0.4 is 5.32 Å². The van der Waals surface area contributed by atoms with Crippen LogP contribution in [0.3, 0.4) is 0 Å². The number of rotatable bonds is 6. The number of alkyl halides is 3. The fraction of sp³-hybridized carbons (Fsp3) is 0.696. The number of halogens is 3. The van der Waals surface area contributed by atoms with Gasteiger partial charge in [-0.15, -0.1) is 10.2 Å². The highest BCUT2D eigenvalue weighted by atomic mass is 32.2. The van der Waals surface area contributed by atoms with Crippen molar-refractivity contribution in [3.05, 3.63) is 23.3 Å². The molecule has 11 heteroatoms. The van der Waals surface area contributed by atoms with Crippen molar-refractivity contribution >= 4 is 9.84 Å². The van der Waals surface area contributed by atoms with Gasteiger partial charge in [0.1, 0.15) is 0 Å². The standard InChI is InChI=1S/C23H32F3N5O2S/c1-14(16-9-11-27-12-10-16)13-15-3-5-17(6-4-15)18-7-8-19(23(24,25)26)21(34(2,32)33)20(18)22-28-30-31-29-22/h7-8,14-17,27H,3-6,9-13H2,1-2H3,(H,28,29,30,31). The summed E-state index contributed by atoms with van der Waals surface area (Å²) >= 11 is 0. The van der Waals surface area contributed by atoms with Gasteiger partial charge in [0.15, 0.2) is 9.84 Å². The Kier molecular flexibility index (Phi) is 7.33. The van der Waals surface area contributed by atoms with Crippen LogP contribution in [-0.4, -0.2) is 48.4 Å². The number of benzene rings is 1. The summed E-state index contributed by atoms with van der Waals surface area (Å²) in [5, 5.41) is 16.9. The molecule has 0 radical (unpaired) electrons. The second kappa shape index (κ2) is 9.93. The van der Waals surface area contributed by atoms with Crippen LogP contribution in [-0.2, 0) is 16.0 Å². The Balaban J connectivity index is 1.60. The highest BCUT2D eigenvalue weighted by molar-refractivity contribution is 7.91. The predicted octanol–water partition coefficient (Wildman–Crippen LogP) is 4.59. The van der Waals surface area contributed by atoms with E-state index in [9.17, 15) is 21.6 Å². The minimum atomic E-state index is -4.82. The first-order chi connectivity index (χ1) is 16.1. The van der Waals surface area contributed by atoms with E-state index in [4.69, 9.17) is 0 Å². The zero-order chi connectivity index (χ0) is 24.5. The summed E-state index contributed by atoms with van der Waals surface area (Å²) in [6, 6.07) is 2.30. The number of H-pyrrole nitrogens is 1. The van der Waals surface area contributed by atoms with E-state index in [2.05, 4.69) is 32.9 Å². The van der Waals surface area contributed by atoms with Crippen molar-refractivity contribution in [1.29, 1.82) is 0 Å². The lowest BCUT2D eigenvalue weighted by Crippen LogP contribution is -2.31. The molecule has 188 valence electrons. The Labute approximate surface area is 198 Å². The van der Waals surface area contributed by atoms with Crippen molar-refractivity contribution in [1.82, 2.24) is 25.9 Å². The fourth-order valence-electron chi connectivity index (χ4n) is 5.89. The summed E-state index contributed by atoms with van der Waals surface area (Å²) in [7, 11) is -4.22. The van der Waals surface area contributed by atoms with E-state index in [1.54, 1.807) is 0 Å². The van der Waals surface area contributed by atoms with Crippen molar-refractivity contribution in [2.24, 2.45) is 17.8 Å². The molecular formula is C23H32F3N5O2S. The molecule has 0 bridgehead atoms. The molecule has 0 spiro atoms. The molecule has 1 atom stereocenters. The number of piperidine rings is 1. The van der Waals surface area contributed by atoms with Gasteiger partial charge in [0.2, 0.25) is 5.82 Å². The zero-order valence-corrected chi connectivity index (χ0v) is 20.3. The van der Waals surface area contributed by atoms with Crippen LogP contribution >= 0.6 is 0 Å². The number of aromatic amines is 1. The molecule has 1 unspecified atom stereocenters. The van der Waals surface area contributed by atoms with Gasteiger partial charge in [-0.25, -0.2) is 8.42 Å². The number of hydrogen-bond donors (Lipinski definition) is 2. The van der Waals surface area contributed by atoms with Crippen LogP contribution in [0.2, 0.25) is 0 Å². The molecule has 4 rings (SSSR count). The molecule has 7 nitrogen and oxygen atoms in total. The number of sulfone groups is 1. The third-order valence-electron chi connectivity index (χ3n) is 7.62. The van der Waals surface area contributed by atoms with Crippen molar-refractivity contribution in [3.63, 3.8) is 0 Å². The van der Waals surface area contributed by atoms with E-state index in [1.807, 2.05) is 0 Å². The molecule has 2 heterocycles. The molecule has 1 aliphatic heterocycles. The van der Waals surface area contributed by atoms with E-state index in [0.29, 0.717) is 17.4 Å². The summed E-state index contributed by atoms with van der Waals surface area (Å²) in [5.74, 6) is 1.81. The van der Waals surface area contributed by atoms with Crippen LogP contribution in [0.4, 0.5) is 13.2 Å². The Hall–Kier alpha value is -2.01. The summed E-state index contributed by atoms with van der Waals surface area (Å²) in [6.45, 7) is 4.50. The highest BCUT2D eigenvalue weighted by Crippen LogP contribution is 2.46. The summed E-state index contributed by atoms with van der Waals surface area (Å²) in [6.07, 6.45) is 3.10. The van der Waals surface area contributed by atoms with E-state index in [-0.39, 0.29) is 17.3 Å². The molecule has 0 amide bonds. The van der Waals surface area contributed by atoms with E-state index >= 15 is 0 Å². The average Bonchev–Trinajstić information content (AvgIpc) is 3.33. The molecule has 1 saturated carbocycles. The monoisotopic (exact) mass is 499 g/mol. The lowest BCUT2D eigenvalue weighted by molar-refractivity contribution is -0.139. The fourth-order valence-corrected chi connectivity index (χ4v) is 7.05. The van der Waals surface area contributed by atoms with Gasteiger partial charge < -0.3 is 5.32 Å². The molecular weight excluding hydrogens is 467 g/mol. The summed E-state index contributed by atoms with van der Waals surface area (Å²) in [5.41, 5.74) is -0.708. The first-order valence-corrected chi connectivity index (χ1v) is 13.8. The van der Waals surface area contributed by atoms with Gasteiger partial charge in [-0.3, -0.25) is 0 Å². The van der Waals surface area contributed by atoms with Crippen LogP contribution in [0.5, 0.6) is 0 Å². The maximum Gasteiger partial charge on any atom is 0.417 e. The van der Waals surface area contributed by atoms with Crippen molar-refractivity contribution in [3.8, 4) is 11.4 Å². The number of aromatic nitrogens is 4. The lowest BCUT2D eigenvalue weighted by Gasteiger charge is -2.35. The predicted molar refractivity (Wildman–Crippen MR) is 122 cm³/mol. The smallest absolute Gasteiger partial charge is 0.317 e. The topological polar surface area (TPSA) is 101 Å². The highest BCUT2D eigenvalue weighted by Gasteiger charge is 2.40. The molecule has 1 aliphatic carbocycles. The molecule has 2 fully saturated rings. The molecule has 34 heavy (non-hydrogen) atoms. The molecule has 2 aliphatic rings. The zero-order valence-electron chi connectivity index (χ0n) is 19.5. The van der Waals surface area contributed by atoms with Gasteiger partial charge in [-0.2, -0.15) is 18.4 Å². The van der Waals surface area contributed by atoms with Crippen LogP contribution in [0.25, 0.3) is 11.4 Å². The molecule has 1 saturated heterocycles. The maximum absolute atomic E-state index is 13.8. The SMILES string of the molecule is CC(CC1CCC(c2ccc(C(F)(F)F)c(S(C)(=O)=O)c2-c2nn[nH]n2)CC1)C1CCNCC1. The molecule has 2 N–H and O–H groups in total. The average molecular weight is 500 g/mol. The quantitative estimate of drug-likeness (QED) is 0.603. The minimum Gasteiger partial charge on any atom is -0.317 e. The van der Waals surface area contributed by atoms with Crippen LogP contribution in [0, 0.1) is 17.8 Å². The van der Waals surface area contributed by atoms with E-state index in [1.165, 1.54) is 18.9 Å². The normalized spacial score (nSPS) is 23.7. The van der Waals surface area contributed by atoms with Gasteiger partial charge in [0, 0.05) is 11.8 Å². The van der Waals surface area contributed by atoms with Gasteiger partial charge in [0.05, 0.1) is 10.5 Å². The Morgan fingerprint density at radius 1 is 1.09 bits per heavy atom. The number of hydrogen-bond acceptors (Lipinski definition) is 6. The van der Waals surface area contributed by atoms with Gasteiger partial charge in [-0.1, -0.05) is 13.0 Å². The maximum atomic E-state index is 13.8. The number of tetrazole rings is 1. The van der Waals surface area contributed by atoms with Crippen molar-refractivity contribution in [2.75, 3.05) is 19.3 Å². The Morgan fingerprint density at radius 2 is 1.76 bits per heavy atom. The van der Waals surface area contributed by atoms with E-state index in [0.717, 1.165) is 63.4 Å². The van der Waals surface area contributed by atoms with Crippen LogP contribution in [0.15, 0.2) is 17.0 Å². The van der Waals surface area contributed by atoms with Gasteiger partial charge >= 0.3 is 6.18 Å². The first-order valence-electron chi connectivity index (χ1n) is 11.9. The summed E-state index contributed by atoms with van der Waals surface area (Å²) in [4.78, 5) is -0.763. The minimum absolute atomic E-state index is 0.0540. The molecule has 1 aromatic heterocycles. The Bertz CT molecular complexity index is 1070. The number of nitrogens with one attached hydrogen (secondary N) is 2. The molecule has 1 aromatic carbocycles. The van der Waals surface area contributed by atoms with Crippen LogP contribution in [0.1, 0.15) is 68.9 Å². The Morgan fingerprint density at radius 3 is 2.32 bits per heavy atom. The van der Waals surface area contributed by atoms with Crippen molar-refractivity contribution < 1.29 is 21.6 Å². The second-order valence-electron chi connectivity index (χ2n) is 9.93. The van der Waals surface area contributed by atoms with Gasteiger partial charge in [0.25, 0.3) is 0 Å². The van der Waals surface area contributed by atoms with Gasteiger partial charge in [-0.05, 0) is 98.6 Å². The third kappa shape index (κ3) is 5.45. The largest absolute Gasteiger partial charge is 0.417 e. The first kappa shape index (κ1) is 25.1. The lowest BCUT2D eigenvalue weighted by atomic mass is 9.72. The summed E-state index contributed by atoms with van der Waals surface area (Å²) < 4.78 is 66.5. The third-order valence-corrected chi connectivity index (χ3v) is 8.78. The number of nitrogens with zero attached hydrogens (tertiary/aromatic N) is 3.